The number of rotatable bonds is 8. The van der Waals surface area contributed by atoms with Crippen LogP contribution in [0.5, 0.6) is 0 Å². The number of ether oxygens (including phenoxy) is 1. The molecule has 7 nitrogen and oxygen atoms in total. The number of nitrogens with zero attached hydrogens (tertiary/aromatic N) is 4. The van der Waals surface area contributed by atoms with Gasteiger partial charge >= 0.3 is 0 Å². The van der Waals surface area contributed by atoms with E-state index >= 15 is 0 Å². The second kappa shape index (κ2) is 8.43. The monoisotopic (exact) mass is 298 g/mol. The highest BCUT2D eigenvalue weighted by atomic mass is 16.5. The molecule has 1 aliphatic heterocycles. The van der Waals surface area contributed by atoms with E-state index in [1.165, 1.54) is 0 Å². The highest BCUT2D eigenvalue weighted by Crippen LogP contribution is 2.03. The standard InChI is InChI=1S/C14H26N4O3/c1-12-15-16-14(21-12)4-3-5-17(2)10-13(19)11-18-6-8-20-9-7-18/h13,19H,3-11H2,1-2H3. The number of morpholine rings is 1. The highest BCUT2D eigenvalue weighted by Gasteiger charge is 2.16. The molecule has 1 aromatic rings. The molecule has 0 spiro atoms. The van der Waals surface area contributed by atoms with Crippen LogP contribution < -0.4 is 0 Å². The number of β-amino-alcohol motifs (C(OH)–C–C–N with tert-alkyl or cyclic N) is 1. The lowest BCUT2D eigenvalue weighted by molar-refractivity contribution is 0.00866. The normalized spacial score (nSPS) is 18.3. The van der Waals surface area contributed by atoms with Gasteiger partial charge in [0.25, 0.3) is 0 Å². The maximum Gasteiger partial charge on any atom is 0.216 e. The van der Waals surface area contributed by atoms with Crippen molar-refractivity contribution in [3.63, 3.8) is 0 Å². The van der Waals surface area contributed by atoms with Gasteiger partial charge < -0.3 is 19.2 Å². The summed E-state index contributed by atoms with van der Waals surface area (Å²) in [5, 5.41) is 17.9. The molecule has 1 fully saturated rings. The van der Waals surface area contributed by atoms with Crippen LogP contribution >= 0.6 is 0 Å². The molecule has 21 heavy (non-hydrogen) atoms. The molecule has 0 saturated carbocycles. The first-order valence-electron chi connectivity index (χ1n) is 7.59. The van der Waals surface area contributed by atoms with E-state index in [1.54, 1.807) is 6.92 Å². The average Bonchev–Trinajstić information content (AvgIpc) is 2.85. The molecule has 1 aliphatic rings. The molecule has 0 aliphatic carbocycles. The largest absolute Gasteiger partial charge is 0.426 e. The van der Waals surface area contributed by atoms with E-state index < -0.39 is 0 Å². The Labute approximate surface area is 125 Å². The fraction of sp³-hybridized carbons (Fsp3) is 0.857. The summed E-state index contributed by atoms with van der Waals surface area (Å²) >= 11 is 0. The summed E-state index contributed by atoms with van der Waals surface area (Å²) in [7, 11) is 2.03. The Morgan fingerprint density at radius 1 is 1.33 bits per heavy atom. The van der Waals surface area contributed by atoms with Crippen molar-refractivity contribution in [2.75, 3.05) is 53.0 Å². The van der Waals surface area contributed by atoms with Gasteiger partial charge in [-0.1, -0.05) is 0 Å². The number of aliphatic hydroxyl groups excluding tert-OH is 1. The molecule has 1 saturated heterocycles. The molecule has 1 aromatic heterocycles. The molecule has 0 bridgehead atoms. The van der Waals surface area contributed by atoms with Crippen molar-refractivity contribution < 1.29 is 14.3 Å². The predicted octanol–water partition coefficient (Wildman–Crippen LogP) is -0.0645. The summed E-state index contributed by atoms with van der Waals surface area (Å²) in [5.41, 5.74) is 0. The van der Waals surface area contributed by atoms with E-state index in [0.29, 0.717) is 18.3 Å². The number of aryl methyl sites for hydroxylation is 2. The molecule has 120 valence electrons. The molecule has 0 amide bonds. The van der Waals surface area contributed by atoms with Crippen LogP contribution in [-0.2, 0) is 11.2 Å². The van der Waals surface area contributed by atoms with Crippen LogP contribution in [0.4, 0.5) is 0 Å². The molecule has 1 unspecified atom stereocenters. The third kappa shape index (κ3) is 6.09. The molecule has 2 heterocycles. The maximum atomic E-state index is 10.1. The zero-order valence-corrected chi connectivity index (χ0v) is 13.0. The third-order valence-corrected chi connectivity index (χ3v) is 3.59. The summed E-state index contributed by atoms with van der Waals surface area (Å²) in [6.45, 7) is 7.47. The van der Waals surface area contributed by atoms with Gasteiger partial charge in [-0.05, 0) is 20.0 Å². The lowest BCUT2D eigenvalue weighted by Gasteiger charge is -2.30. The molecular formula is C14H26N4O3. The van der Waals surface area contributed by atoms with Crippen LogP contribution in [0.3, 0.4) is 0 Å². The molecule has 1 N–H and O–H groups in total. The zero-order valence-electron chi connectivity index (χ0n) is 13.0. The second-order valence-electron chi connectivity index (χ2n) is 5.65. The maximum absolute atomic E-state index is 10.1. The molecule has 0 aromatic carbocycles. The van der Waals surface area contributed by atoms with Crippen LogP contribution in [0.25, 0.3) is 0 Å². The van der Waals surface area contributed by atoms with Crippen LogP contribution in [-0.4, -0.2) is 84.2 Å². The first-order valence-corrected chi connectivity index (χ1v) is 7.59. The van der Waals surface area contributed by atoms with E-state index in [2.05, 4.69) is 20.0 Å². The number of hydrogen-bond donors (Lipinski definition) is 1. The minimum atomic E-state index is -0.321. The van der Waals surface area contributed by atoms with Gasteiger partial charge in [-0.15, -0.1) is 10.2 Å². The first-order chi connectivity index (χ1) is 10.1. The summed E-state index contributed by atoms with van der Waals surface area (Å²) in [6.07, 6.45) is 1.41. The summed E-state index contributed by atoms with van der Waals surface area (Å²) in [5.74, 6) is 1.30. The van der Waals surface area contributed by atoms with Gasteiger partial charge in [-0.3, -0.25) is 4.90 Å². The first kappa shape index (κ1) is 16.4. The zero-order chi connectivity index (χ0) is 15.1. The van der Waals surface area contributed by atoms with Gasteiger partial charge in [0, 0.05) is 39.5 Å². The summed E-state index contributed by atoms with van der Waals surface area (Å²) in [6, 6.07) is 0. The molecule has 2 rings (SSSR count). The van der Waals surface area contributed by atoms with Crippen molar-refractivity contribution >= 4 is 0 Å². The minimum Gasteiger partial charge on any atom is -0.426 e. The van der Waals surface area contributed by atoms with E-state index in [4.69, 9.17) is 9.15 Å². The van der Waals surface area contributed by atoms with E-state index in [-0.39, 0.29) is 6.10 Å². The van der Waals surface area contributed by atoms with Gasteiger partial charge in [0.05, 0.1) is 19.3 Å². The molecular weight excluding hydrogens is 272 g/mol. The van der Waals surface area contributed by atoms with Gasteiger partial charge in [-0.2, -0.15) is 0 Å². The molecule has 0 radical (unpaired) electrons. The average molecular weight is 298 g/mol. The van der Waals surface area contributed by atoms with Gasteiger partial charge in [0.2, 0.25) is 11.8 Å². The van der Waals surface area contributed by atoms with Crippen molar-refractivity contribution in [1.82, 2.24) is 20.0 Å². The topological polar surface area (TPSA) is 74.9 Å². The van der Waals surface area contributed by atoms with E-state index in [0.717, 1.165) is 52.2 Å². The highest BCUT2D eigenvalue weighted by molar-refractivity contribution is 4.79. The number of hydrogen-bond acceptors (Lipinski definition) is 7. The Kier molecular flexibility index (Phi) is 6.56. The Balaban J connectivity index is 1.58. The van der Waals surface area contributed by atoms with Crippen LogP contribution in [0, 0.1) is 6.92 Å². The van der Waals surface area contributed by atoms with Crippen molar-refractivity contribution in [2.45, 2.75) is 25.9 Å². The Morgan fingerprint density at radius 3 is 2.76 bits per heavy atom. The van der Waals surface area contributed by atoms with Gasteiger partial charge in [0.1, 0.15) is 0 Å². The number of aliphatic hydroxyl groups is 1. The molecule has 7 heteroatoms. The van der Waals surface area contributed by atoms with E-state index in [1.807, 2.05) is 7.05 Å². The second-order valence-corrected chi connectivity index (χ2v) is 5.65. The Hall–Kier alpha value is -1.02. The minimum absolute atomic E-state index is 0.321. The Morgan fingerprint density at radius 2 is 2.10 bits per heavy atom. The molecule has 1 atom stereocenters. The number of likely N-dealkylation sites (N-methyl/N-ethyl adjacent to an activating group) is 1. The number of aromatic nitrogens is 2. The van der Waals surface area contributed by atoms with Gasteiger partial charge in [-0.25, -0.2) is 0 Å². The van der Waals surface area contributed by atoms with Crippen LogP contribution in [0.15, 0.2) is 4.42 Å². The van der Waals surface area contributed by atoms with Gasteiger partial charge in [0.15, 0.2) is 0 Å². The van der Waals surface area contributed by atoms with Crippen molar-refractivity contribution in [2.24, 2.45) is 0 Å². The van der Waals surface area contributed by atoms with Crippen LogP contribution in [0.2, 0.25) is 0 Å². The fourth-order valence-corrected chi connectivity index (χ4v) is 2.53. The summed E-state index contributed by atoms with van der Waals surface area (Å²) < 4.78 is 10.6. The smallest absolute Gasteiger partial charge is 0.216 e. The quantitative estimate of drug-likeness (QED) is 0.720. The third-order valence-electron chi connectivity index (χ3n) is 3.59. The van der Waals surface area contributed by atoms with Crippen molar-refractivity contribution in [3.8, 4) is 0 Å². The Bertz CT molecular complexity index is 407. The summed E-state index contributed by atoms with van der Waals surface area (Å²) in [4.78, 5) is 4.40. The SMILES string of the molecule is Cc1nnc(CCCN(C)CC(O)CN2CCOCC2)o1. The fourth-order valence-electron chi connectivity index (χ4n) is 2.53. The van der Waals surface area contributed by atoms with Crippen molar-refractivity contribution in [3.05, 3.63) is 11.8 Å². The van der Waals surface area contributed by atoms with E-state index in [9.17, 15) is 5.11 Å². The predicted molar refractivity (Wildman–Crippen MR) is 78.1 cm³/mol. The van der Waals surface area contributed by atoms with Crippen molar-refractivity contribution in [1.29, 1.82) is 0 Å². The van der Waals surface area contributed by atoms with Crippen LogP contribution in [0.1, 0.15) is 18.2 Å². The lowest BCUT2D eigenvalue weighted by Crippen LogP contribution is -2.44. The lowest BCUT2D eigenvalue weighted by atomic mass is 10.2.